The minimum absolute atomic E-state index is 0.142. The molecule has 1 aromatic heterocycles. The third-order valence-electron chi connectivity index (χ3n) is 2.45. The second-order valence-electron chi connectivity index (χ2n) is 3.70. The minimum Gasteiger partial charge on any atom is -0.481 e. The molecule has 2 aromatic rings. The summed E-state index contributed by atoms with van der Waals surface area (Å²) in [6.07, 6.45) is -0.142. The molecule has 0 radical (unpaired) electrons. The van der Waals surface area contributed by atoms with Gasteiger partial charge in [0, 0.05) is 9.50 Å². The van der Waals surface area contributed by atoms with E-state index in [0.717, 1.165) is 10.2 Å². The number of rotatable bonds is 3. The molecule has 1 N–H and O–H groups in total. The molecule has 7 heteroatoms. The first-order valence-corrected chi connectivity index (χ1v) is 6.24. The number of carboxylic acid groups (broad SMARTS) is 1. The first kappa shape index (κ1) is 13.0. The van der Waals surface area contributed by atoms with Crippen molar-refractivity contribution in [1.82, 2.24) is 15.0 Å². The molecule has 0 aliphatic rings. The molecular formula is C11H9BrClN3O2. The molecule has 18 heavy (non-hydrogen) atoms. The lowest BCUT2D eigenvalue weighted by molar-refractivity contribution is -0.136. The highest BCUT2D eigenvalue weighted by Crippen LogP contribution is 2.25. The van der Waals surface area contributed by atoms with Gasteiger partial charge in [0.1, 0.15) is 0 Å². The standard InChI is InChI=1S/C11H9BrClN3O2/c1-6-9(5-11(17)18)14-15-16(6)10-3-2-7(13)4-8(10)12/h2-4H,5H2,1H3,(H,17,18). The molecule has 0 amide bonds. The topological polar surface area (TPSA) is 68.0 Å². The van der Waals surface area contributed by atoms with Gasteiger partial charge in [-0.05, 0) is 41.1 Å². The van der Waals surface area contributed by atoms with Gasteiger partial charge in [-0.3, -0.25) is 4.79 Å². The van der Waals surface area contributed by atoms with Crippen molar-refractivity contribution in [3.05, 3.63) is 39.1 Å². The fourth-order valence-corrected chi connectivity index (χ4v) is 2.40. The van der Waals surface area contributed by atoms with Crippen LogP contribution in [0.1, 0.15) is 11.4 Å². The summed E-state index contributed by atoms with van der Waals surface area (Å²) in [6.45, 7) is 1.78. The summed E-state index contributed by atoms with van der Waals surface area (Å²) in [5.41, 5.74) is 1.91. The number of hydrogen-bond acceptors (Lipinski definition) is 3. The zero-order valence-corrected chi connectivity index (χ0v) is 11.7. The van der Waals surface area contributed by atoms with Crippen molar-refractivity contribution in [3.63, 3.8) is 0 Å². The zero-order chi connectivity index (χ0) is 13.3. The highest BCUT2D eigenvalue weighted by atomic mass is 79.9. The van der Waals surface area contributed by atoms with Crippen LogP contribution in [0.15, 0.2) is 22.7 Å². The molecule has 0 spiro atoms. The van der Waals surface area contributed by atoms with Crippen LogP contribution in [0.25, 0.3) is 5.69 Å². The zero-order valence-electron chi connectivity index (χ0n) is 9.39. The molecule has 1 heterocycles. The van der Waals surface area contributed by atoms with Gasteiger partial charge in [-0.25, -0.2) is 4.68 Å². The van der Waals surface area contributed by atoms with Crippen LogP contribution in [-0.4, -0.2) is 26.1 Å². The Morgan fingerprint density at radius 3 is 2.89 bits per heavy atom. The molecule has 94 valence electrons. The average Bonchev–Trinajstić information content (AvgIpc) is 2.60. The number of halogens is 2. The predicted molar refractivity (Wildman–Crippen MR) is 70.1 cm³/mol. The second kappa shape index (κ2) is 5.07. The van der Waals surface area contributed by atoms with Crippen LogP contribution in [0.4, 0.5) is 0 Å². The Balaban J connectivity index is 2.45. The fourth-order valence-electron chi connectivity index (χ4n) is 1.55. The summed E-state index contributed by atoms with van der Waals surface area (Å²) in [4.78, 5) is 10.7. The molecule has 2 rings (SSSR count). The number of carbonyl (C=O) groups is 1. The molecule has 0 aliphatic carbocycles. The Hall–Kier alpha value is -1.40. The lowest BCUT2D eigenvalue weighted by Gasteiger charge is -2.06. The maximum absolute atomic E-state index is 10.7. The predicted octanol–water partition coefficient (Wildman–Crippen LogP) is 2.62. The van der Waals surface area contributed by atoms with E-state index >= 15 is 0 Å². The van der Waals surface area contributed by atoms with Crippen LogP contribution in [0.5, 0.6) is 0 Å². The van der Waals surface area contributed by atoms with E-state index < -0.39 is 5.97 Å². The number of aliphatic carboxylic acids is 1. The third kappa shape index (κ3) is 2.54. The molecule has 0 bridgehead atoms. The second-order valence-corrected chi connectivity index (χ2v) is 4.99. The van der Waals surface area contributed by atoms with Crippen LogP contribution in [0.2, 0.25) is 5.02 Å². The van der Waals surface area contributed by atoms with Crippen molar-refractivity contribution in [3.8, 4) is 5.69 Å². The van der Waals surface area contributed by atoms with Crippen molar-refractivity contribution in [2.75, 3.05) is 0 Å². The summed E-state index contributed by atoms with van der Waals surface area (Å²) in [6, 6.07) is 5.27. The Bertz CT molecular complexity index is 612. The van der Waals surface area contributed by atoms with Gasteiger partial charge in [-0.1, -0.05) is 16.8 Å². The van der Waals surface area contributed by atoms with E-state index in [4.69, 9.17) is 16.7 Å². The Morgan fingerprint density at radius 1 is 1.56 bits per heavy atom. The highest BCUT2D eigenvalue weighted by Gasteiger charge is 2.14. The fraction of sp³-hybridized carbons (Fsp3) is 0.182. The van der Waals surface area contributed by atoms with E-state index in [0.29, 0.717) is 16.4 Å². The molecular weight excluding hydrogens is 321 g/mol. The maximum Gasteiger partial charge on any atom is 0.309 e. The van der Waals surface area contributed by atoms with Gasteiger partial charge in [-0.2, -0.15) is 0 Å². The lowest BCUT2D eigenvalue weighted by Crippen LogP contribution is -2.04. The first-order valence-electron chi connectivity index (χ1n) is 5.07. The number of hydrogen-bond donors (Lipinski definition) is 1. The summed E-state index contributed by atoms with van der Waals surface area (Å²) < 4.78 is 2.35. The molecule has 5 nitrogen and oxygen atoms in total. The normalized spacial score (nSPS) is 10.6. The highest BCUT2D eigenvalue weighted by molar-refractivity contribution is 9.10. The van der Waals surface area contributed by atoms with Crippen LogP contribution >= 0.6 is 27.5 Å². The van der Waals surface area contributed by atoms with Gasteiger partial charge in [0.15, 0.2) is 0 Å². The molecule has 0 aliphatic heterocycles. The maximum atomic E-state index is 10.7. The van der Waals surface area contributed by atoms with Gasteiger partial charge in [0.25, 0.3) is 0 Å². The lowest BCUT2D eigenvalue weighted by atomic mass is 10.2. The quantitative estimate of drug-likeness (QED) is 0.939. The van der Waals surface area contributed by atoms with Crippen molar-refractivity contribution >= 4 is 33.5 Å². The first-order chi connectivity index (χ1) is 8.49. The van der Waals surface area contributed by atoms with Gasteiger partial charge >= 0.3 is 5.97 Å². The van der Waals surface area contributed by atoms with E-state index in [9.17, 15) is 4.79 Å². The van der Waals surface area contributed by atoms with Crippen molar-refractivity contribution < 1.29 is 9.90 Å². The SMILES string of the molecule is Cc1c(CC(=O)O)nnn1-c1ccc(Cl)cc1Br. The molecule has 1 aromatic carbocycles. The van der Waals surface area contributed by atoms with Gasteiger partial charge < -0.3 is 5.11 Å². The minimum atomic E-state index is -0.930. The third-order valence-corrected chi connectivity index (χ3v) is 3.32. The van der Waals surface area contributed by atoms with Crippen molar-refractivity contribution in [1.29, 1.82) is 0 Å². The number of nitrogens with zero attached hydrogens (tertiary/aromatic N) is 3. The number of aromatic nitrogens is 3. The van der Waals surface area contributed by atoms with E-state index in [1.165, 1.54) is 0 Å². The van der Waals surface area contributed by atoms with E-state index in [2.05, 4.69) is 26.2 Å². The Kier molecular flexibility index (Phi) is 3.68. The summed E-state index contributed by atoms with van der Waals surface area (Å²) in [5, 5.41) is 17.2. The molecule has 0 saturated heterocycles. The van der Waals surface area contributed by atoms with Crippen LogP contribution in [0, 0.1) is 6.92 Å². The van der Waals surface area contributed by atoms with Crippen LogP contribution in [-0.2, 0) is 11.2 Å². The van der Waals surface area contributed by atoms with Crippen LogP contribution in [0.3, 0.4) is 0 Å². The Morgan fingerprint density at radius 2 is 2.28 bits per heavy atom. The Labute approximate surface area is 117 Å². The molecule has 0 unspecified atom stereocenters. The van der Waals surface area contributed by atoms with E-state index in [-0.39, 0.29) is 6.42 Å². The van der Waals surface area contributed by atoms with E-state index in [1.54, 1.807) is 29.8 Å². The smallest absolute Gasteiger partial charge is 0.309 e. The molecule has 0 fully saturated rings. The van der Waals surface area contributed by atoms with Gasteiger partial charge in [0.05, 0.1) is 23.5 Å². The summed E-state index contributed by atoms with van der Waals surface area (Å²) >= 11 is 9.25. The number of carboxylic acids is 1. The summed E-state index contributed by atoms with van der Waals surface area (Å²) in [5.74, 6) is -0.930. The molecule has 0 saturated carbocycles. The van der Waals surface area contributed by atoms with Crippen LogP contribution < -0.4 is 0 Å². The van der Waals surface area contributed by atoms with E-state index in [1.807, 2.05) is 0 Å². The largest absolute Gasteiger partial charge is 0.481 e. The average molecular weight is 331 g/mol. The van der Waals surface area contributed by atoms with Gasteiger partial charge in [-0.15, -0.1) is 5.10 Å². The molecule has 0 atom stereocenters. The number of benzene rings is 1. The van der Waals surface area contributed by atoms with Crippen molar-refractivity contribution in [2.45, 2.75) is 13.3 Å². The summed E-state index contributed by atoms with van der Waals surface area (Å²) in [7, 11) is 0. The van der Waals surface area contributed by atoms with Crippen molar-refractivity contribution in [2.24, 2.45) is 0 Å². The van der Waals surface area contributed by atoms with Gasteiger partial charge in [0.2, 0.25) is 0 Å². The monoisotopic (exact) mass is 329 g/mol.